The predicted molar refractivity (Wildman–Crippen MR) is 108 cm³/mol. The zero-order chi connectivity index (χ0) is 19.4. The average Bonchev–Trinajstić information content (AvgIpc) is 2.96. The number of unbranched alkanes of at least 4 members (excludes halogenated alkanes) is 1. The van der Waals surface area contributed by atoms with E-state index in [9.17, 15) is 9.18 Å². The quantitative estimate of drug-likeness (QED) is 0.587. The van der Waals surface area contributed by atoms with Crippen LogP contribution < -0.4 is 5.32 Å². The molecule has 0 spiro atoms. The highest BCUT2D eigenvalue weighted by Gasteiger charge is 2.17. The molecule has 0 bridgehead atoms. The zero-order valence-corrected chi connectivity index (χ0v) is 16.1. The van der Waals surface area contributed by atoms with Gasteiger partial charge in [-0.05, 0) is 74.7 Å². The van der Waals surface area contributed by atoms with Crippen molar-refractivity contribution in [3.63, 3.8) is 0 Å². The normalized spacial score (nSPS) is 10.8. The van der Waals surface area contributed by atoms with E-state index in [0.29, 0.717) is 5.56 Å². The third-order valence-corrected chi connectivity index (χ3v) is 4.79. The number of rotatable bonds is 6. The molecule has 3 nitrogen and oxygen atoms in total. The molecule has 2 aromatic carbocycles. The minimum Gasteiger partial charge on any atom is -0.322 e. The largest absolute Gasteiger partial charge is 0.322 e. The zero-order valence-electron chi connectivity index (χ0n) is 16.1. The molecule has 4 heteroatoms. The summed E-state index contributed by atoms with van der Waals surface area (Å²) in [5, 5.41) is 2.97. The number of anilines is 1. The maximum atomic E-state index is 13.2. The molecule has 1 N–H and O–H groups in total. The van der Waals surface area contributed by atoms with Crippen molar-refractivity contribution in [2.75, 3.05) is 5.32 Å². The average molecular weight is 364 g/mol. The Labute approximate surface area is 159 Å². The van der Waals surface area contributed by atoms with Crippen LogP contribution in [-0.4, -0.2) is 10.5 Å². The van der Waals surface area contributed by atoms with Crippen molar-refractivity contribution in [2.24, 2.45) is 0 Å². The maximum absolute atomic E-state index is 13.2. The summed E-state index contributed by atoms with van der Waals surface area (Å²) in [6.45, 7) is 6.02. The third-order valence-electron chi connectivity index (χ3n) is 4.79. The van der Waals surface area contributed by atoms with Gasteiger partial charge in [0.2, 0.25) is 0 Å². The molecular formula is C23H25FN2O. The van der Waals surface area contributed by atoms with Crippen molar-refractivity contribution >= 4 is 11.6 Å². The first kappa shape index (κ1) is 18.9. The van der Waals surface area contributed by atoms with Crippen molar-refractivity contribution in [3.05, 3.63) is 82.9 Å². The van der Waals surface area contributed by atoms with E-state index in [2.05, 4.69) is 24.4 Å². The van der Waals surface area contributed by atoms with Crippen LogP contribution >= 0.6 is 0 Å². The molecule has 1 heterocycles. The molecule has 0 unspecified atom stereocenters. The number of nitrogens with zero attached hydrogens (tertiary/aromatic N) is 1. The standard InChI is InChI=1S/C23H25FN2O/c1-4-5-6-18-7-11-20(12-8-18)25-23(27)22-15-16(2)26(17(22)3)21-13-9-19(24)10-14-21/h7-15H,4-6H2,1-3H3,(H,25,27). The number of halogens is 1. The lowest BCUT2D eigenvalue weighted by Gasteiger charge is -2.10. The monoisotopic (exact) mass is 364 g/mol. The fourth-order valence-electron chi connectivity index (χ4n) is 3.31. The van der Waals surface area contributed by atoms with Gasteiger partial charge in [-0.2, -0.15) is 0 Å². The Balaban J connectivity index is 1.79. The Morgan fingerprint density at radius 3 is 2.33 bits per heavy atom. The highest BCUT2D eigenvalue weighted by Crippen LogP contribution is 2.22. The lowest BCUT2D eigenvalue weighted by Crippen LogP contribution is -2.13. The molecule has 0 aliphatic heterocycles. The van der Waals surface area contributed by atoms with Crippen LogP contribution in [0.2, 0.25) is 0 Å². The van der Waals surface area contributed by atoms with Crippen molar-refractivity contribution in [1.82, 2.24) is 4.57 Å². The highest BCUT2D eigenvalue weighted by atomic mass is 19.1. The fourth-order valence-corrected chi connectivity index (χ4v) is 3.31. The molecule has 1 aromatic heterocycles. The molecule has 0 fully saturated rings. The Hall–Kier alpha value is -2.88. The van der Waals surface area contributed by atoms with Gasteiger partial charge in [-0.1, -0.05) is 25.5 Å². The number of carbonyl (C=O) groups is 1. The molecule has 0 atom stereocenters. The van der Waals surface area contributed by atoms with Gasteiger partial charge in [0.25, 0.3) is 5.91 Å². The van der Waals surface area contributed by atoms with Gasteiger partial charge in [-0.3, -0.25) is 4.79 Å². The summed E-state index contributed by atoms with van der Waals surface area (Å²) in [5.41, 5.74) is 5.28. The topological polar surface area (TPSA) is 34.0 Å². The summed E-state index contributed by atoms with van der Waals surface area (Å²) in [6.07, 6.45) is 3.40. The van der Waals surface area contributed by atoms with Gasteiger partial charge < -0.3 is 9.88 Å². The summed E-state index contributed by atoms with van der Waals surface area (Å²) >= 11 is 0. The van der Waals surface area contributed by atoms with Crippen LogP contribution in [0.15, 0.2) is 54.6 Å². The maximum Gasteiger partial charge on any atom is 0.257 e. The lowest BCUT2D eigenvalue weighted by molar-refractivity contribution is 0.102. The second-order valence-corrected chi connectivity index (χ2v) is 6.85. The Kier molecular flexibility index (Phi) is 5.75. The molecule has 0 radical (unpaired) electrons. The van der Waals surface area contributed by atoms with E-state index in [1.54, 1.807) is 12.1 Å². The third kappa shape index (κ3) is 4.27. The van der Waals surface area contributed by atoms with Gasteiger partial charge in [0, 0.05) is 22.8 Å². The van der Waals surface area contributed by atoms with Crippen molar-refractivity contribution in [3.8, 4) is 5.69 Å². The first-order valence-electron chi connectivity index (χ1n) is 9.34. The molecule has 0 saturated heterocycles. The Morgan fingerprint density at radius 1 is 1.04 bits per heavy atom. The molecule has 0 aliphatic carbocycles. The predicted octanol–water partition coefficient (Wildman–Crippen LogP) is 5.83. The molecule has 27 heavy (non-hydrogen) atoms. The number of hydrogen-bond donors (Lipinski definition) is 1. The van der Waals surface area contributed by atoms with Crippen molar-refractivity contribution < 1.29 is 9.18 Å². The van der Waals surface area contributed by atoms with Crippen molar-refractivity contribution in [1.29, 1.82) is 0 Å². The molecule has 3 rings (SSSR count). The van der Waals surface area contributed by atoms with E-state index < -0.39 is 0 Å². The number of aryl methyl sites for hydroxylation is 2. The fraction of sp³-hybridized carbons (Fsp3) is 0.261. The molecule has 0 aliphatic rings. The summed E-state index contributed by atoms with van der Waals surface area (Å²) in [4.78, 5) is 12.8. The summed E-state index contributed by atoms with van der Waals surface area (Å²) in [7, 11) is 0. The number of aromatic nitrogens is 1. The highest BCUT2D eigenvalue weighted by molar-refractivity contribution is 6.05. The number of carbonyl (C=O) groups excluding carboxylic acids is 1. The minimum atomic E-state index is -0.276. The molecule has 140 valence electrons. The first-order valence-corrected chi connectivity index (χ1v) is 9.34. The van der Waals surface area contributed by atoms with Crippen molar-refractivity contribution in [2.45, 2.75) is 40.0 Å². The number of nitrogens with one attached hydrogen (secondary N) is 1. The summed E-state index contributed by atoms with van der Waals surface area (Å²) in [6, 6.07) is 16.2. The number of hydrogen-bond acceptors (Lipinski definition) is 1. The Bertz CT molecular complexity index is 924. The van der Waals surface area contributed by atoms with Crippen LogP contribution in [0.25, 0.3) is 5.69 Å². The van der Waals surface area contributed by atoms with E-state index in [1.807, 2.05) is 36.6 Å². The van der Waals surface area contributed by atoms with E-state index in [-0.39, 0.29) is 11.7 Å². The molecule has 3 aromatic rings. The second kappa shape index (κ2) is 8.21. The van der Waals surface area contributed by atoms with Crippen LogP contribution in [-0.2, 0) is 6.42 Å². The van der Waals surface area contributed by atoms with Gasteiger partial charge in [-0.25, -0.2) is 4.39 Å². The minimum absolute atomic E-state index is 0.141. The summed E-state index contributed by atoms with van der Waals surface area (Å²) < 4.78 is 15.2. The molecule has 1 amide bonds. The van der Waals surface area contributed by atoms with Crippen LogP contribution in [0, 0.1) is 19.7 Å². The molecule has 0 saturated carbocycles. The van der Waals surface area contributed by atoms with Gasteiger partial charge in [0.1, 0.15) is 5.82 Å². The SMILES string of the molecule is CCCCc1ccc(NC(=O)c2cc(C)n(-c3ccc(F)cc3)c2C)cc1. The Morgan fingerprint density at radius 2 is 1.70 bits per heavy atom. The van der Waals surface area contributed by atoms with Crippen LogP contribution in [0.4, 0.5) is 10.1 Å². The summed E-state index contributed by atoms with van der Waals surface area (Å²) in [5.74, 6) is -0.417. The number of benzene rings is 2. The van der Waals surface area contributed by atoms with E-state index in [1.165, 1.54) is 30.5 Å². The molecular weight excluding hydrogens is 339 g/mol. The van der Waals surface area contributed by atoms with Crippen LogP contribution in [0.1, 0.15) is 47.1 Å². The first-order chi connectivity index (χ1) is 13.0. The van der Waals surface area contributed by atoms with Crippen LogP contribution in [0.3, 0.4) is 0 Å². The van der Waals surface area contributed by atoms with E-state index >= 15 is 0 Å². The van der Waals surface area contributed by atoms with E-state index in [0.717, 1.165) is 29.2 Å². The van der Waals surface area contributed by atoms with Gasteiger partial charge in [0.05, 0.1) is 5.56 Å². The van der Waals surface area contributed by atoms with Gasteiger partial charge in [-0.15, -0.1) is 0 Å². The number of amides is 1. The van der Waals surface area contributed by atoms with Gasteiger partial charge >= 0.3 is 0 Å². The van der Waals surface area contributed by atoms with Crippen LogP contribution in [0.5, 0.6) is 0 Å². The second-order valence-electron chi connectivity index (χ2n) is 6.85. The lowest BCUT2D eigenvalue weighted by atomic mass is 10.1. The van der Waals surface area contributed by atoms with Gasteiger partial charge in [0.15, 0.2) is 0 Å². The smallest absolute Gasteiger partial charge is 0.257 e. The van der Waals surface area contributed by atoms with E-state index in [4.69, 9.17) is 0 Å².